The molecule has 3 aromatic rings. The van der Waals surface area contributed by atoms with Crippen molar-refractivity contribution in [3.8, 4) is 5.13 Å². The third-order valence-corrected chi connectivity index (χ3v) is 6.79. The maximum Gasteiger partial charge on any atom is 0.320 e. The Balaban J connectivity index is 1.62. The number of anilines is 1. The van der Waals surface area contributed by atoms with Crippen LogP contribution in [0.4, 0.5) is 28.0 Å². The summed E-state index contributed by atoms with van der Waals surface area (Å²) < 4.78 is 75.8. The number of carbonyl (C=O) groups excluding carboxylic acids is 1. The number of hydrogen-bond donors (Lipinski definition) is 0. The van der Waals surface area contributed by atoms with E-state index in [1.165, 1.54) is 35.0 Å². The van der Waals surface area contributed by atoms with Crippen LogP contribution >= 0.6 is 11.3 Å². The average Bonchev–Trinajstić information content (AvgIpc) is 3.44. The minimum absolute atomic E-state index is 0.0435. The maximum absolute atomic E-state index is 12.9. The molecule has 3 heterocycles. The van der Waals surface area contributed by atoms with Gasteiger partial charge in [-0.05, 0) is 23.2 Å². The van der Waals surface area contributed by atoms with Crippen molar-refractivity contribution in [1.29, 1.82) is 0 Å². The Hall–Kier alpha value is -2.85. The molecule has 16 heteroatoms. The molecule has 0 bridgehead atoms. The summed E-state index contributed by atoms with van der Waals surface area (Å²) in [5, 5.41) is 11.5. The molecule has 184 valence electrons. The first-order chi connectivity index (χ1) is 16.2. The molecule has 4 rings (SSSR count). The molecule has 2 amide bonds. The molecule has 34 heavy (non-hydrogen) atoms. The van der Waals surface area contributed by atoms with E-state index in [1.54, 1.807) is 0 Å². The zero-order valence-electron chi connectivity index (χ0n) is 17.6. The summed E-state index contributed by atoms with van der Waals surface area (Å²) in [5.41, 5.74) is 0.860. The first-order valence-electron chi connectivity index (χ1n) is 9.91. The largest absolute Gasteiger partial charge is 0.768 e. The molecule has 1 unspecified atom stereocenters. The van der Waals surface area contributed by atoms with Crippen LogP contribution in [-0.2, 0) is 11.1 Å². The van der Waals surface area contributed by atoms with Gasteiger partial charge in [0.05, 0.1) is 18.3 Å². The van der Waals surface area contributed by atoms with Gasteiger partial charge in [0.25, 0.3) is 12.9 Å². The van der Waals surface area contributed by atoms with E-state index < -0.39 is 41.5 Å². The van der Waals surface area contributed by atoms with Crippen molar-refractivity contribution < 1.29 is 31.1 Å². The minimum Gasteiger partial charge on any atom is -0.768 e. The van der Waals surface area contributed by atoms with E-state index in [4.69, 9.17) is 0 Å². The van der Waals surface area contributed by atoms with Gasteiger partial charge in [-0.25, -0.2) is 27.0 Å². The first-order valence-corrected chi connectivity index (χ1v) is 11.8. The van der Waals surface area contributed by atoms with E-state index in [0.717, 1.165) is 4.90 Å². The molecule has 0 aliphatic carbocycles. The quantitative estimate of drug-likeness (QED) is 0.363. The van der Waals surface area contributed by atoms with Gasteiger partial charge in [0.1, 0.15) is 0 Å². The van der Waals surface area contributed by atoms with Gasteiger partial charge in [-0.3, -0.25) is 4.21 Å². The second-order valence-corrected chi connectivity index (χ2v) is 9.35. The van der Waals surface area contributed by atoms with Crippen molar-refractivity contribution in [3.05, 3.63) is 23.3 Å². The molecule has 0 spiro atoms. The van der Waals surface area contributed by atoms with Crippen LogP contribution in [0, 0.1) is 0 Å². The summed E-state index contributed by atoms with van der Waals surface area (Å²) in [5.74, 6) is 0. The van der Waals surface area contributed by atoms with Gasteiger partial charge >= 0.3 is 6.03 Å². The molecular formula is C18H18F4N7O3S2-. The number of benzene rings is 1. The Morgan fingerprint density at radius 1 is 1.21 bits per heavy atom. The average molecular weight is 521 g/mol. The Morgan fingerprint density at radius 3 is 2.50 bits per heavy atom. The first kappa shape index (κ1) is 24.3. The number of fused-ring (bicyclic) bond motifs is 1. The summed E-state index contributed by atoms with van der Waals surface area (Å²) in [6, 6.07) is 2.30. The molecule has 0 saturated carbocycles. The minimum atomic E-state index is -2.80. The normalized spacial score (nSPS) is 15.5. The lowest BCUT2D eigenvalue weighted by Crippen LogP contribution is -2.52. The van der Waals surface area contributed by atoms with Crippen LogP contribution in [0.1, 0.15) is 11.4 Å². The second-order valence-electron chi connectivity index (χ2n) is 7.42. The van der Waals surface area contributed by atoms with Crippen molar-refractivity contribution in [3.63, 3.8) is 0 Å². The third-order valence-electron chi connectivity index (χ3n) is 5.26. The fraction of sp³-hybridized carbons (Fsp3) is 0.444. The number of piperazine rings is 1. The van der Waals surface area contributed by atoms with Crippen molar-refractivity contribution in [2.75, 3.05) is 44.7 Å². The van der Waals surface area contributed by atoms with Crippen molar-refractivity contribution in [1.82, 2.24) is 29.8 Å². The summed E-state index contributed by atoms with van der Waals surface area (Å²) >= 11 is -1.95. The number of alkyl halides is 4. The molecule has 1 saturated heterocycles. The Morgan fingerprint density at radius 2 is 1.91 bits per heavy atom. The SMILES string of the molecule is CN(CC(F)F)C(=O)N1CCN(c2cc(S(=O)[O-])cc3c2cnn3-c2nnc(C(F)F)s2)CC1. The lowest BCUT2D eigenvalue weighted by atomic mass is 10.1. The molecule has 1 aliphatic heterocycles. The monoisotopic (exact) mass is 520 g/mol. The smallest absolute Gasteiger partial charge is 0.320 e. The van der Waals surface area contributed by atoms with Gasteiger partial charge < -0.3 is 19.3 Å². The summed E-state index contributed by atoms with van der Waals surface area (Å²) in [7, 11) is 1.30. The maximum atomic E-state index is 12.9. The molecule has 0 N–H and O–H groups in total. The number of hydrogen-bond acceptors (Lipinski definition) is 8. The molecule has 10 nitrogen and oxygen atoms in total. The van der Waals surface area contributed by atoms with Gasteiger partial charge in [0.2, 0.25) is 5.13 Å². The van der Waals surface area contributed by atoms with Gasteiger partial charge in [-0.1, -0.05) is 11.3 Å². The van der Waals surface area contributed by atoms with Gasteiger partial charge in [0, 0.05) is 49.2 Å². The standard InChI is InChI=1S/C18H19F4N7O3S2/c1-26(9-14(19)20)18(30)28-4-2-27(3-5-28)12-6-10(34(31)32)7-13-11(12)8-23-29(13)17-25-24-16(33-17)15(21)22/h6-8,14-15H,2-5,9H2,1H3,(H,31,32)/p-1. The molecule has 0 radical (unpaired) electrons. The summed E-state index contributed by atoms with van der Waals surface area (Å²) in [6.07, 6.45) is -3.97. The number of urea groups is 1. The predicted octanol–water partition coefficient (Wildman–Crippen LogP) is 2.49. The zero-order valence-corrected chi connectivity index (χ0v) is 19.2. The Kier molecular flexibility index (Phi) is 6.99. The molecule has 1 fully saturated rings. The van der Waals surface area contributed by atoms with E-state index in [9.17, 15) is 31.1 Å². The van der Waals surface area contributed by atoms with Crippen LogP contribution in [0.5, 0.6) is 0 Å². The number of nitrogens with zero attached hydrogens (tertiary/aromatic N) is 7. The van der Waals surface area contributed by atoms with Crippen LogP contribution in [0.15, 0.2) is 23.2 Å². The van der Waals surface area contributed by atoms with E-state index in [1.807, 2.05) is 4.90 Å². The fourth-order valence-corrected chi connectivity index (χ4v) is 4.75. The van der Waals surface area contributed by atoms with Crippen molar-refractivity contribution in [2.24, 2.45) is 0 Å². The summed E-state index contributed by atoms with van der Waals surface area (Å²) in [4.78, 5) is 16.6. The van der Waals surface area contributed by atoms with Crippen LogP contribution in [0.2, 0.25) is 0 Å². The number of carbonyl (C=O) groups is 1. The van der Waals surface area contributed by atoms with Gasteiger partial charge in [0.15, 0.2) is 5.01 Å². The predicted molar refractivity (Wildman–Crippen MR) is 114 cm³/mol. The number of aromatic nitrogens is 4. The molecular weight excluding hydrogens is 502 g/mol. The Bertz CT molecular complexity index is 1210. The summed E-state index contributed by atoms with van der Waals surface area (Å²) in [6.45, 7) is 0.437. The zero-order chi connectivity index (χ0) is 24.6. The van der Waals surface area contributed by atoms with E-state index >= 15 is 0 Å². The fourth-order valence-electron chi connectivity index (χ4n) is 3.66. The lowest BCUT2D eigenvalue weighted by molar-refractivity contribution is 0.0941. The van der Waals surface area contributed by atoms with Crippen LogP contribution in [0.3, 0.4) is 0 Å². The Labute approximate surface area is 197 Å². The van der Waals surface area contributed by atoms with Crippen LogP contribution < -0.4 is 4.90 Å². The van der Waals surface area contributed by atoms with E-state index in [2.05, 4.69) is 15.3 Å². The molecule has 2 aromatic heterocycles. The lowest BCUT2D eigenvalue weighted by Gasteiger charge is -2.38. The number of rotatable bonds is 6. The van der Waals surface area contributed by atoms with Crippen LogP contribution in [-0.4, -0.2) is 90.8 Å². The topological polar surface area (TPSA) is 111 Å². The molecule has 1 atom stereocenters. The highest BCUT2D eigenvalue weighted by Gasteiger charge is 2.27. The van der Waals surface area contributed by atoms with Crippen molar-refractivity contribution in [2.45, 2.75) is 17.7 Å². The molecule has 1 aromatic carbocycles. The van der Waals surface area contributed by atoms with Gasteiger partial charge in [-0.2, -0.15) is 5.10 Å². The van der Waals surface area contributed by atoms with E-state index in [0.29, 0.717) is 41.0 Å². The molecule has 1 aliphatic rings. The second kappa shape index (κ2) is 9.79. The van der Waals surface area contributed by atoms with E-state index in [-0.39, 0.29) is 23.1 Å². The highest BCUT2D eigenvalue weighted by Crippen LogP contribution is 2.33. The van der Waals surface area contributed by atoms with Crippen molar-refractivity contribution >= 4 is 45.0 Å². The third kappa shape index (κ3) is 4.83. The van der Waals surface area contributed by atoms with Crippen LogP contribution in [0.25, 0.3) is 16.0 Å². The highest BCUT2D eigenvalue weighted by atomic mass is 32.2. The number of amides is 2. The number of halogens is 4. The highest BCUT2D eigenvalue weighted by molar-refractivity contribution is 7.79. The van der Waals surface area contributed by atoms with Gasteiger partial charge in [-0.15, -0.1) is 10.2 Å².